The van der Waals surface area contributed by atoms with E-state index in [9.17, 15) is 14.4 Å². The lowest BCUT2D eigenvalue weighted by atomic mass is 10.2. The van der Waals surface area contributed by atoms with Crippen LogP contribution in [0.25, 0.3) is 0 Å². The van der Waals surface area contributed by atoms with E-state index in [1.165, 1.54) is 37.4 Å². The fourth-order valence-corrected chi connectivity index (χ4v) is 2.02. The largest absolute Gasteiger partial charge is 0.478 e. The molecule has 0 bridgehead atoms. The molecule has 0 aliphatic rings. The number of anilines is 1. The van der Waals surface area contributed by atoms with Gasteiger partial charge in [0, 0.05) is 16.2 Å². The van der Waals surface area contributed by atoms with Crippen LogP contribution in [0.2, 0.25) is 0 Å². The van der Waals surface area contributed by atoms with Gasteiger partial charge in [-0.2, -0.15) is 0 Å². The standard InChI is InChI=1S/C14H11BrN2O4/c1-7(18)9-5-12(16-6-9)13(19)17-11-4-8(14(20)21)2-3-10(11)15/h2-6,16H,1H3,(H,17,19)(H,20,21). The van der Waals surface area contributed by atoms with Crippen LogP contribution in [0, 0.1) is 0 Å². The van der Waals surface area contributed by atoms with E-state index < -0.39 is 11.9 Å². The van der Waals surface area contributed by atoms with E-state index in [1.807, 2.05) is 0 Å². The van der Waals surface area contributed by atoms with E-state index in [0.29, 0.717) is 15.7 Å². The molecule has 0 atom stereocenters. The minimum atomic E-state index is -1.09. The van der Waals surface area contributed by atoms with Crippen molar-refractivity contribution in [1.82, 2.24) is 4.98 Å². The summed E-state index contributed by atoms with van der Waals surface area (Å²) in [6.45, 7) is 1.40. The van der Waals surface area contributed by atoms with Crippen molar-refractivity contribution in [2.75, 3.05) is 5.32 Å². The smallest absolute Gasteiger partial charge is 0.335 e. The first-order chi connectivity index (χ1) is 9.88. The molecule has 108 valence electrons. The summed E-state index contributed by atoms with van der Waals surface area (Å²) in [5.41, 5.74) is 1.01. The van der Waals surface area contributed by atoms with Crippen molar-refractivity contribution in [3.8, 4) is 0 Å². The number of amides is 1. The number of carbonyl (C=O) groups excluding carboxylic acids is 2. The SMILES string of the molecule is CC(=O)c1c[nH]c(C(=O)Nc2cc(C(=O)O)ccc2Br)c1. The Labute approximate surface area is 128 Å². The summed E-state index contributed by atoms with van der Waals surface area (Å²) < 4.78 is 0.555. The van der Waals surface area contributed by atoms with E-state index >= 15 is 0 Å². The van der Waals surface area contributed by atoms with Crippen LogP contribution in [0.15, 0.2) is 34.9 Å². The van der Waals surface area contributed by atoms with Crippen molar-refractivity contribution in [2.45, 2.75) is 6.92 Å². The summed E-state index contributed by atoms with van der Waals surface area (Å²) in [5, 5.41) is 11.5. The molecule has 0 fully saturated rings. The van der Waals surface area contributed by atoms with Gasteiger partial charge in [-0.05, 0) is 47.1 Å². The molecule has 2 aromatic rings. The molecular formula is C14H11BrN2O4. The number of aromatic nitrogens is 1. The Balaban J connectivity index is 2.24. The first-order valence-electron chi connectivity index (χ1n) is 5.92. The van der Waals surface area contributed by atoms with Crippen molar-refractivity contribution in [3.63, 3.8) is 0 Å². The zero-order chi connectivity index (χ0) is 15.6. The van der Waals surface area contributed by atoms with Gasteiger partial charge in [0.05, 0.1) is 11.3 Å². The fourth-order valence-electron chi connectivity index (χ4n) is 1.67. The third-order valence-corrected chi connectivity index (χ3v) is 3.49. The van der Waals surface area contributed by atoms with Crippen LogP contribution >= 0.6 is 15.9 Å². The van der Waals surface area contributed by atoms with Crippen molar-refractivity contribution < 1.29 is 19.5 Å². The van der Waals surface area contributed by atoms with Gasteiger partial charge < -0.3 is 15.4 Å². The number of rotatable bonds is 4. The second-order valence-corrected chi connectivity index (χ2v) is 5.17. The maximum atomic E-state index is 12.1. The van der Waals surface area contributed by atoms with Gasteiger partial charge in [-0.3, -0.25) is 9.59 Å². The van der Waals surface area contributed by atoms with Gasteiger partial charge in [-0.15, -0.1) is 0 Å². The van der Waals surface area contributed by atoms with Crippen LogP contribution in [0.4, 0.5) is 5.69 Å². The average molecular weight is 351 g/mol. The lowest BCUT2D eigenvalue weighted by molar-refractivity contribution is 0.0696. The highest BCUT2D eigenvalue weighted by molar-refractivity contribution is 9.10. The van der Waals surface area contributed by atoms with Gasteiger partial charge in [0.1, 0.15) is 5.69 Å². The molecule has 0 spiro atoms. The van der Waals surface area contributed by atoms with E-state index in [1.54, 1.807) is 0 Å². The molecule has 1 aromatic carbocycles. The highest BCUT2D eigenvalue weighted by Gasteiger charge is 2.13. The van der Waals surface area contributed by atoms with E-state index in [4.69, 9.17) is 5.11 Å². The van der Waals surface area contributed by atoms with Crippen molar-refractivity contribution in [3.05, 3.63) is 51.8 Å². The number of H-pyrrole nitrogens is 1. The second kappa shape index (κ2) is 5.92. The minimum Gasteiger partial charge on any atom is -0.478 e. The lowest BCUT2D eigenvalue weighted by Crippen LogP contribution is -2.13. The summed E-state index contributed by atoms with van der Waals surface area (Å²) in [6.07, 6.45) is 1.44. The number of benzene rings is 1. The zero-order valence-corrected chi connectivity index (χ0v) is 12.5. The summed E-state index contributed by atoms with van der Waals surface area (Å²) in [4.78, 5) is 36.9. The summed E-state index contributed by atoms with van der Waals surface area (Å²) >= 11 is 3.24. The Morgan fingerprint density at radius 3 is 2.48 bits per heavy atom. The summed E-state index contributed by atoms with van der Waals surface area (Å²) in [6, 6.07) is 5.74. The number of nitrogens with one attached hydrogen (secondary N) is 2. The normalized spacial score (nSPS) is 10.2. The second-order valence-electron chi connectivity index (χ2n) is 4.31. The first kappa shape index (κ1) is 15.0. The number of carboxylic acid groups (broad SMARTS) is 1. The summed E-state index contributed by atoms with van der Waals surface area (Å²) in [7, 11) is 0. The molecule has 1 amide bonds. The highest BCUT2D eigenvalue weighted by Crippen LogP contribution is 2.24. The van der Waals surface area contributed by atoms with Crippen LogP contribution < -0.4 is 5.32 Å². The number of aromatic carboxylic acids is 1. The van der Waals surface area contributed by atoms with Gasteiger partial charge in [-0.25, -0.2) is 4.79 Å². The number of carbonyl (C=O) groups is 3. The van der Waals surface area contributed by atoms with Gasteiger partial charge in [-0.1, -0.05) is 0 Å². The predicted molar refractivity (Wildman–Crippen MR) is 79.9 cm³/mol. The van der Waals surface area contributed by atoms with Crippen LogP contribution in [0.3, 0.4) is 0 Å². The van der Waals surface area contributed by atoms with E-state index in [-0.39, 0.29) is 17.0 Å². The van der Waals surface area contributed by atoms with Crippen molar-refractivity contribution in [2.24, 2.45) is 0 Å². The summed E-state index contributed by atoms with van der Waals surface area (Å²) in [5.74, 6) is -1.71. The van der Waals surface area contributed by atoms with E-state index in [0.717, 1.165) is 0 Å². The molecule has 0 radical (unpaired) electrons. The molecule has 0 saturated heterocycles. The molecule has 1 heterocycles. The third kappa shape index (κ3) is 3.38. The first-order valence-corrected chi connectivity index (χ1v) is 6.71. The van der Waals surface area contributed by atoms with Crippen molar-refractivity contribution >= 4 is 39.3 Å². The van der Waals surface area contributed by atoms with Crippen LogP contribution in [0.1, 0.15) is 38.1 Å². The van der Waals surface area contributed by atoms with Gasteiger partial charge in [0.25, 0.3) is 5.91 Å². The average Bonchev–Trinajstić information content (AvgIpc) is 2.90. The van der Waals surface area contributed by atoms with Crippen LogP contribution in [-0.4, -0.2) is 27.8 Å². The number of halogens is 1. The molecule has 0 aliphatic heterocycles. The molecular weight excluding hydrogens is 340 g/mol. The van der Waals surface area contributed by atoms with E-state index in [2.05, 4.69) is 26.2 Å². The Morgan fingerprint density at radius 2 is 1.90 bits per heavy atom. The quantitative estimate of drug-likeness (QED) is 0.738. The molecule has 0 saturated carbocycles. The molecule has 1 aromatic heterocycles. The molecule has 6 nitrogen and oxygen atoms in total. The van der Waals surface area contributed by atoms with Crippen LogP contribution in [0.5, 0.6) is 0 Å². The van der Waals surface area contributed by atoms with Gasteiger partial charge >= 0.3 is 5.97 Å². The third-order valence-electron chi connectivity index (χ3n) is 2.80. The minimum absolute atomic E-state index is 0.0596. The number of ketones is 1. The number of Topliss-reactive ketones (excluding diaryl/α,β-unsaturated/α-hetero) is 1. The van der Waals surface area contributed by atoms with Gasteiger partial charge in [0.2, 0.25) is 0 Å². The number of aromatic amines is 1. The molecule has 7 heteroatoms. The molecule has 21 heavy (non-hydrogen) atoms. The fraction of sp³-hybridized carbons (Fsp3) is 0.0714. The monoisotopic (exact) mass is 350 g/mol. The maximum absolute atomic E-state index is 12.1. The predicted octanol–water partition coefficient (Wildman–Crippen LogP) is 2.93. The van der Waals surface area contributed by atoms with Crippen LogP contribution in [-0.2, 0) is 0 Å². The van der Waals surface area contributed by atoms with Gasteiger partial charge in [0.15, 0.2) is 5.78 Å². The number of hydrogen-bond acceptors (Lipinski definition) is 3. The molecule has 0 unspecified atom stereocenters. The zero-order valence-electron chi connectivity index (χ0n) is 10.9. The maximum Gasteiger partial charge on any atom is 0.335 e. The Bertz CT molecular complexity index is 736. The molecule has 2 rings (SSSR count). The molecule has 0 aliphatic carbocycles. The highest BCUT2D eigenvalue weighted by atomic mass is 79.9. The lowest BCUT2D eigenvalue weighted by Gasteiger charge is -2.07. The topological polar surface area (TPSA) is 99.3 Å². The number of hydrogen-bond donors (Lipinski definition) is 3. The molecule has 3 N–H and O–H groups in total. The number of carboxylic acids is 1. The Hall–Kier alpha value is -2.41. The Morgan fingerprint density at radius 1 is 1.19 bits per heavy atom. The Kier molecular flexibility index (Phi) is 4.23. The van der Waals surface area contributed by atoms with Crippen molar-refractivity contribution in [1.29, 1.82) is 0 Å².